The van der Waals surface area contributed by atoms with Crippen LogP contribution >= 0.6 is 0 Å². The molecule has 1 aromatic carbocycles. The smallest absolute Gasteiger partial charge is 0.411 e. The molecule has 184 valence electrons. The van der Waals surface area contributed by atoms with Gasteiger partial charge >= 0.3 is 6.09 Å². The lowest BCUT2D eigenvalue weighted by Crippen LogP contribution is -2.51. The summed E-state index contributed by atoms with van der Waals surface area (Å²) in [6, 6.07) is 6.90. The number of hydrogen-bond acceptors (Lipinski definition) is 5. The van der Waals surface area contributed by atoms with Gasteiger partial charge < -0.3 is 9.64 Å². The van der Waals surface area contributed by atoms with E-state index in [-0.39, 0.29) is 36.4 Å². The topological polar surface area (TPSA) is 73.6 Å². The molecule has 4 rings (SSSR count). The van der Waals surface area contributed by atoms with Gasteiger partial charge in [0, 0.05) is 31.2 Å². The summed E-state index contributed by atoms with van der Waals surface area (Å²) in [6.07, 6.45) is 5.78. The molecule has 6 nitrogen and oxygen atoms in total. The van der Waals surface area contributed by atoms with Crippen molar-refractivity contribution in [3.05, 3.63) is 29.6 Å². The Bertz CT molecular complexity index is 961. The van der Waals surface area contributed by atoms with Crippen molar-refractivity contribution in [2.24, 2.45) is 11.8 Å². The Kier molecular flexibility index (Phi) is 7.16. The van der Waals surface area contributed by atoms with Crippen molar-refractivity contribution >= 4 is 17.6 Å². The van der Waals surface area contributed by atoms with Crippen molar-refractivity contribution in [1.82, 2.24) is 4.90 Å². The standard InChI is InChI=1S/C27H36FN3O3/c1-27(2,3)34-26(33)31-22-10-8-20(15-22)25(31)24(32)14-18(17-29)13-19-7-9-21(16-23(19)28)30-11-5-4-6-12-30/h7,9,16,18,20,22,25H,4-6,8,10-15H2,1-3H3/t18-,20+,22-,25+/m1/s1. The maximum absolute atomic E-state index is 14.9. The second-order valence-electron chi connectivity index (χ2n) is 11.1. The van der Waals surface area contributed by atoms with E-state index >= 15 is 0 Å². The lowest BCUT2D eigenvalue weighted by atomic mass is 9.88. The van der Waals surface area contributed by atoms with Gasteiger partial charge in [-0.15, -0.1) is 0 Å². The molecule has 2 bridgehead atoms. The lowest BCUT2D eigenvalue weighted by molar-refractivity contribution is -0.126. The van der Waals surface area contributed by atoms with Crippen molar-refractivity contribution in [2.75, 3.05) is 18.0 Å². The molecule has 0 spiro atoms. The van der Waals surface area contributed by atoms with Gasteiger partial charge in [0.05, 0.1) is 18.0 Å². The summed E-state index contributed by atoms with van der Waals surface area (Å²) in [7, 11) is 0. The molecule has 0 aromatic heterocycles. The summed E-state index contributed by atoms with van der Waals surface area (Å²) >= 11 is 0. The van der Waals surface area contributed by atoms with Gasteiger partial charge in [0.1, 0.15) is 11.4 Å². The SMILES string of the molecule is CC(C)(C)OC(=O)N1[C@@H]2CC[C@@H](C2)[C@H]1C(=O)C[C@H](C#N)Cc1ccc(N2CCCCC2)cc1F. The quantitative estimate of drug-likeness (QED) is 0.569. The summed E-state index contributed by atoms with van der Waals surface area (Å²) in [5.41, 5.74) is 0.692. The zero-order chi connectivity index (χ0) is 24.5. The molecule has 3 fully saturated rings. The third-order valence-electron chi connectivity index (χ3n) is 7.37. The number of halogens is 1. The van der Waals surface area contributed by atoms with Gasteiger partial charge in [-0.2, -0.15) is 5.26 Å². The molecule has 0 radical (unpaired) electrons. The van der Waals surface area contributed by atoms with Gasteiger partial charge in [-0.05, 0) is 89.3 Å². The first-order valence-electron chi connectivity index (χ1n) is 12.6. The van der Waals surface area contributed by atoms with Crippen LogP contribution in [-0.2, 0) is 16.0 Å². The highest BCUT2D eigenvalue weighted by Crippen LogP contribution is 2.44. The van der Waals surface area contributed by atoms with Gasteiger partial charge in [-0.3, -0.25) is 9.69 Å². The molecular formula is C27H36FN3O3. The number of nitriles is 1. The Morgan fingerprint density at radius 1 is 1.21 bits per heavy atom. The molecular weight excluding hydrogens is 433 g/mol. The van der Waals surface area contributed by atoms with E-state index in [1.54, 1.807) is 17.0 Å². The molecule has 0 N–H and O–H groups in total. The number of benzene rings is 1. The average Bonchev–Trinajstić information content (AvgIpc) is 3.41. The van der Waals surface area contributed by atoms with Crippen molar-refractivity contribution in [1.29, 1.82) is 5.26 Å². The monoisotopic (exact) mass is 469 g/mol. The molecule has 7 heteroatoms. The maximum Gasteiger partial charge on any atom is 0.411 e. The highest BCUT2D eigenvalue weighted by molar-refractivity contribution is 5.89. The minimum Gasteiger partial charge on any atom is -0.444 e. The van der Waals surface area contributed by atoms with Crippen molar-refractivity contribution in [2.45, 2.75) is 89.8 Å². The number of anilines is 1. The van der Waals surface area contributed by atoms with Crippen LogP contribution in [0.4, 0.5) is 14.9 Å². The Labute approximate surface area is 202 Å². The van der Waals surface area contributed by atoms with Crippen LogP contribution in [0.25, 0.3) is 0 Å². The molecule has 0 unspecified atom stereocenters. The second-order valence-corrected chi connectivity index (χ2v) is 11.1. The third kappa shape index (κ3) is 5.37. The molecule has 1 saturated carbocycles. The molecule has 2 saturated heterocycles. The minimum atomic E-state index is -0.639. The first-order valence-corrected chi connectivity index (χ1v) is 12.6. The van der Waals surface area contributed by atoms with Gasteiger partial charge in [0.2, 0.25) is 0 Å². The van der Waals surface area contributed by atoms with Crippen LogP contribution in [0, 0.1) is 29.0 Å². The molecule has 1 amide bonds. The van der Waals surface area contributed by atoms with E-state index < -0.39 is 23.7 Å². The fraction of sp³-hybridized carbons (Fsp3) is 0.667. The number of nitrogens with zero attached hydrogens (tertiary/aromatic N) is 3. The average molecular weight is 470 g/mol. The van der Waals surface area contributed by atoms with Crippen LogP contribution in [0.15, 0.2) is 18.2 Å². The van der Waals surface area contributed by atoms with Crippen LogP contribution in [0.2, 0.25) is 0 Å². The number of Topliss-reactive ketones (excluding diaryl/α,β-unsaturated/α-hetero) is 1. The Morgan fingerprint density at radius 3 is 2.59 bits per heavy atom. The summed E-state index contributed by atoms with van der Waals surface area (Å²) < 4.78 is 20.5. The number of ketones is 1. The largest absolute Gasteiger partial charge is 0.444 e. The number of amides is 1. The zero-order valence-electron chi connectivity index (χ0n) is 20.6. The molecule has 2 aliphatic heterocycles. The zero-order valence-corrected chi connectivity index (χ0v) is 20.6. The Hall–Kier alpha value is -2.62. The number of piperidine rings is 2. The second kappa shape index (κ2) is 9.93. The number of ether oxygens (including phenoxy) is 1. The van der Waals surface area contributed by atoms with Crippen LogP contribution in [0.3, 0.4) is 0 Å². The number of carbonyl (C=O) groups is 2. The fourth-order valence-electron chi connectivity index (χ4n) is 5.82. The summed E-state index contributed by atoms with van der Waals surface area (Å²) in [6.45, 7) is 7.31. The van der Waals surface area contributed by atoms with E-state index in [1.807, 2.05) is 26.8 Å². The number of likely N-dealkylation sites (tertiary alicyclic amines) is 1. The minimum absolute atomic E-state index is 0.0109. The molecule has 1 aromatic rings. The van der Waals surface area contributed by atoms with E-state index in [4.69, 9.17) is 4.74 Å². The van der Waals surface area contributed by atoms with Gasteiger partial charge in [0.15, 0.2) is 5.78 Å². The Balaban J connectivity index is 1.42. The van der Waals surface area contributed by atoms with Gasteiger partial charge in [-0.25, -0.2) is 9.18 Å². The maximum atomic E-state index is 14.9. The lowest BCUT2D eigenvalue weighted by Gasteiger charge is -2.35. The van der Waals surface area contributed by atoms with Crippen LogP contribution in [0.1, 0.15) is 71.3 Å². The van der Waals surface area contributed by atoms with Crippen molar-refractivity contribution in [3.8, 4) is 6.07 Å². The molecule has 4 atom stereocenters. The van der Waals surface area contributed by atoms with E-state index in [0.717, 1.165) is 50.9 Å². The Morgan fingerprint density at radius 2 is 1.94 bits per heavy atom. The molecule has 1 aliphatic carbocycles. The number of hydrogen-bond donors (Lipinski definition) is 0. The highest BCUT2D eigenvalue weighted by Gasteiger charge is 2.52. The van der Waals surface area contributed by atoms with Crippen LogP contribution in [0.5, 0.6) is 0 Å². The first kappa shape index (κ1) is 24.5. The normalized spacial score (nSPS) is 25.2. The predicted octanol–water partition coefficient (Wildman–Crippen LogP) is 5.25. The third-order valence-corrected chi connectivity index (χ3v) is 7.37. The van der Waals surface area contributed by atoms with E-state index in [1.165, 1.54) is 6.42 Å². The van der Waals surface area contributed by atoms with Crippen molar-refractivity contribution in [3.63, 3.8) is 0 Å². The van der Waals surface area contributed by atoms with Crippen molar-refractivity contribution < 1.29 is 18.7 Å². The highest BCUT2D eigenvalue weighted by atomic mass is 19.1. The van der Waals surface area contributed by atoms with Crippen LogP contribution in [-0.4, -0.2) is 47.6 Å². The van der Waals surface area contributed by atoms with Gasteiger partial charge in [-0.1, -0.05) is 6.07 Å². The van der Waals surface area contributed by atoms with Gasteiger partial charge in [0.25, 0.3) is 0 Å². The number of carbonyl (C=O) groups excluding carboxylic acids is 2. The van der Waals surface area contributed by atoms with E-state index in [2.05, 4.69) is 11.0 Å². The molecule has 3 aliphatic rings. The predicted molar refractivity (Wildman–Crippen MR) is 128 cm³/mol. The summed E-state index contributed by atoms with van der Waals surface area (Å²) in [5.74, 6) is -0.964. The van der Waals surface area contributed by atoms with E-state index in [0.29, 0.717) is 5.56 Å². The van der Waals surface area contributed by atoms with E-state index in [9.17, 15) is 19.2 Å². The summed E-state index contributed by atoms with van der Waals surface area (Å²) in [4.78, 5) is 30.0. The fourth-order valence-corrected chi connectivity index (χ4v) is 5.82. The summed E-state index contributed by atoms with van der Waals surface area (Å²) in [5, 5.41) is 9.75. The number of rotatable bonds is 6. The molecule has 34 heavy (non-hydrogen) atoms. The number of fused-ring (bicyclic) bond motifs is 2. The van der Waals surface area contributed by atoms with Crippen LogP contribution < -0.4 is 4.90 Å². The first-order chi connectivity index (χ1) is 16.2. The molecule has 2 heterocycles.